The summed E-state index contributed by atoms with van der Waals surface area (Å²) < 4.78 is 50.0. The van der Waals surface area contributed by atoms with E-state index in [1.165, 1.54) is 6.92 Å². The van der Waals surface area contributed by atoms with Crippen LogP contribution in [0.25, 0.3) is 0 Å². The van der Waals surface area contributed by atoms with Gasteiger partial charge in [0.2, 0.25) is 0 Å². The molecule has 5 nitrogen and oxygen atoms in total. The van der Waals surface area contributed by atoms with Crippen LogP contribution in [0.5, 0.6) is 5.75 Å². The summed E-state index contributed by atoms with van der Waals surface area (Å²) >= 11 is 0. The van der Waals surface area contributed by atoms with Gasteiger partial charge in [-0.1, -0.05) is 18.2 Å². The lowest BCUT2D eigenvalue weighted by Crippen LogP contribution is -2.30. The number of hydrogen-bond donors (Lipinski definition) is 1. The van der Waals surface area contributed by atoms with Gasteiger partial charge in [-0.3, -0.25) is 9.59 Å². The van der Waals surface area contributed by atoms with Crippen LogP contribution in [0.2, 0.25) is 0 Å². The van der Waals surface area contributed by atoms with E-state index >= 15 is 0 Å². The van der Waals surface area contributed by atoms with Crippen molar-refractivity contribution in [1.82, 2.24) is 0 Å². The quantitative estimate of drug-likeness (QED) is 0.586. The predicted molar refractivity (Wildman–Crippen MR) is 91.8 cm³/mol. The first-order valence-electron chi connectivity index (χ1n) is 8.12. The van der Waals surface area contributed by atoms with E-state index < -0.39 is 41.1 Å². The Morgan fingerprint density at radius 3 is 2.48 bits per heavy atom. The number of aryl methyl sites for hydroxylation is 1. The Bertz CT molecular complexity index is 842. The number of carbonyl (C=O) groups is 2. The zero-order valence-corrected chi connectivity index (χ0v) is 14.7. The predicted octanol–water partition coefficient (Wildman–Crippen LogP) is 3.75. The maximum absolute atomic E-state index is 13.6. The number of halogens is 3. The fourth-order valence-electron chi connectivity index (χ4n) is 2.13. The molecule has 2 rings (SSSR count). The standard InChI is InChI=1S/C19H18F3NO4/c1-11-5-3-4-6-15(11)26-10-9-16(24)27-12(2)19(25)23-14-8-7-13(20)17(21)18(14)22/h3-8,12H,9-10H2,1-2H3,(H,23,25)/t12-/m0/s1. The van der Waals surface area contributed by atoms with Crippen LogP contribution >= 0.6 is 0 Å². The van der Waals surface area contributed by atoms with Crippen molar-refractivity contribution in [3.8, 4) is 5.75 Å². The number of hydrogen-bond acceptors (Lipinski definition) is 4. The van der Waals surface area contributed by atoms with Gasteiger partial charge in [0, 0.05) is 0 Å². The zero-order valence-electron chi connectivity index (χ0n) is 14.7. The van der Waals surface area contributed by atoms with E-state index in [1.807, 2.05) is 24.4 Å². The lowest BCUT2D eigenvalue weighted by molar-refractivity contribution is -0.153. The molecule has 0 bridgehead atoms. The van der Waals surface area contributed by atoms with Gasteiger partial charge in [0.15, 0.2) is 23.6 Å². The van der Waals surface area contributed by atoms with E-state index in [4.69, 9.17) is 9.47 Å². The number of nitrogens with one attached hydrogen (secondary N) is 1. The van der Waals surface area contributed by atoms with Crippen LogP contribution < -0.4 is 10.1 Å². The van der Waals surface area contributed by atoms with Gasteiger partial charge >= 0.3 is 5.97 Å². The molecule has 0 saturated heterocycles. The van der Waals surface area contributed by atoms with E-state index in [2.05, 4.69) is 0 Å². The molecule has 0 aliphatic heterocycles. The Balaban J connectivity index is 1.82. The van der Waals surface area contributed by atoms with Gasteiger partial charge in [0.05, 0.1) is 18.7 Å². The monoisotopic (exact) mass is 381 g/mol. The minimum Gasteiger partial charge on any atom is -0.493 e. The van der Waals surface area contributed by atoms with Crippen LogP contribution in [0.3, 0.4) is 0 Å². The van der Waals surface area contributed by atoms with E-state index in [1.54, 1.807) is 12.1 Å². The van der Waals surface area contributed by atoms with E-state index in [9.17, 15) is 22.8 Å². The highest BCUT2D eigenvalue weighted by atomic mass is 19.2. The lowest BCUT2D eigenvalue weighted by Gasteiger charge is -2.14. The normalized spacial score (nSPS) is 11.6. The molecule has 0 radical (unpaired) electrons. The van der Waals surface area contributed by atoms with Gasteiger partial charge < -0.3 is 14.8 Å². The molecule has 1 atom stereocenters. The highest BCUT2D eigenvalue weighted by Crippen LogP contribution is 2.20. The summed E-state index contributed by atoms with van der Waals surface area (Å²) in [5, 5.41) is 2.04. The largest absolute Gasteiger partial charge is 0.493 e. The number of rotatable bonds is 7. The Hall–Kier alpha value is -3.03. The second kappa shape index (κ2) is 9.07. The molecule has 2 aromatic rings. The number of amides is 1. The molecule has 0 unspecified atom stereocenters. The van der Waals surface area contributed by atoms with Gasteiger partial charge in [-0.05, 0) is 37.6 Å². The summed E-state index contributed by atoms with van der Waals surface area (Å²) in [4.78, 5) is 23.7. The first-order chi connectivity index (χ1) is 12.8. The molecular weight excluding hydrogens is 363 g/mol. The molecule has 0 spiro atoms. The van der Waals surface area contributed by atoms with Gasteiger partial charge in [0.1, 0.15) is 5.75 Å². The van der Waals surface area contributed by atoms with Crippen LogP contribution in [-0.2, 0) is 14.3 Å². The summed E-state index contributed by atoms with van der Waals surface area (Å²) in [5.41, 5.74) is 0.358. The van der Waals surface area contributed by atoms with Crippen molar-refractivity contribution in [2.45, 2.75) is 26.4 Å². The number of anilines is 1. The Morgan fingerprint density at radius 2 is 1.78 bits per heavy atom. The fraction of sp³-hybridized carbons (Fsp3) is 0.263. The third-order valence-corrected chi connectivity index (χ3v) is 3.63. The van der Waals surface area contributed by atoms with Crippen LogP contribution in [0.4, 0.5) is 18.9 Å². The fourth-order valence-corrected chi connectivity index (χ4v) is 2.13. The summed E-state index contributed by atoms with van der Waals surface area (Å²) in [7, 11) is 0. The molecule has 2 aromatic carbocycles. The van der Waals surface area contributed by atoms with Crippen LogP contribution in [0, 0.1) is 24.4 Å². The van der Waals surface area contributed by atoms with Crippen molar-refractivity contribution in [1.29, 1.82) is 0 Å². The summed E-state index contributed by atoms with van der Waals surface area (Å²) in [6, 6.07) is 8.81. The molecule has 0 fully saturated rings. The molecule has 27 heavy (non-hydrogen) atoms. The van der Waals surface area contributed by atoms with Gasteiger partial charge in [-0.15, -0.1) is 0 Å². The molecule has 0 saturated carbocycles. The number of ether oxygens (including phenoxy) is 2. The second-order valence-corrected chi connectivity index (χ2v) is 5.71. The maximum Gasteiger partial charge on any atom is 0.310 e. The minimum atomic E-state index is -1.70. The Morgan fingerprint density at radius 1 is 1.07 bits per heavy atom. The van der Waals surface area contributed by atoms with E-state index in [0.29, 0.717) is 11.8 Å². The lowest BCUT2D eigenvalue weighted by atomic mass is 10.2. The first-order valence-corrected chi connectivity index (χ1v) is 8.12. The summed E-state index contributed by atoms with van der Waals surface area (Å²) in [6.07, 6.45) is -1.37. The van der Waals surface area contributed by atoms with Gasteiger partial charge in [-0.2, -0.15) is 0 Å². The highest BCUT2D eigenvalue weighted by molar-refractivity contribution is 5.95. The van der Waals surface area contributed by atoms with Crippen LogP contribution in [0.1, 0.15) is 18.9 Å². The van der Waals surface area contributed by atoms with Gasteiger partial charge in [0.25, 0.3) is 5.91 Å². The van der Waals surface area contributed by atoms with Gasteiger partial charge in [-0.25, -0.2) is 13.2 Å². The van der Waals surface area contributed by atoms with Crippen LogP contribution in [-0.4, -0.2) is 24.6 Å². The molecule has 1 N–H and O–H groups in total. The Kier molecular flexibility index (Phi) is 6.81. The van der Waals surface area contributed by atoms with E-state index in [0.717, 1.165) is 11.6 Å². The van der Waals surface area contributed by atoms with Crippen molar-refractivity contribution < 1.29 is 32.2 Å². The second-order valence-electron chi connectivity index (χ2n) is 5.71. The molecule has 8 heteroatoms. The molecule has 144 valence electrons. The average Bonchev–Trinajstić information content (AvgIpc) is 2.63. The summed E-state index contributed by atoms with van der Waals surface area (Å²) in [6.45, 7) is 3.18. The molecule has 0 aliphatic rings. The topological polar surface area (TPSA) is 64.6 Å². The first kappa shape index (κ1) is 20.3. The van der Waals surface area contributed by atoms with Crippen molar-refractivity contribution in [2.24, 2.45) is 0 Å². The third kappa shape index (κ3) is 5.47. The maximum atomic E-state index is 13.6. The van der Waals surface area contributed by atoms with E-state index in [-0.39, 0.29) is 13.0 Å². The number of esters is 1. The van der Waals surface area contributed by atoms with Crippen molar-refractivity contribution in [3.63, 3.8) is 0 Å². The molecule has 0 aliphatic carbocycles. The highest BCUT2D eigenvalue weighted by Gasteiger charge is 2.21. The third-order valence-electron chi connectivity index (χ3n) is 3.63. The van der Waals surface area contributed by atoms with Crippen molar-refractivity contribution >= 4 is 17.6 Å². The molecule has 0 aromatic heterocycles. The Labute approximate surface area is 154 Å². The smallest absolute Gasteiger partial charge is 0.310 e. The number of para-hydroxylation sites is 1. The number of carbonyl (C=O) groups excluding carboxylic acids is 2. The average molecular weight is 381 g/mol. The molecular formula is C19H18F3NO4. The molecule has 0 heterocycles. The SMILES string of the molecule is Cc1ccccc1OCCC(=O)O[C@@H](C)C(=O)Nc1ccc(F)c(F)c1F. The summed E-state index contributed by atoms with van der Waals surface area (Å²) in [5.74, 6) is -5.56. The number of benzene rings is 2. The minimum absolute atomic E-state index is 0.0514. The van der Waals surface area contributed by atoms with Crippen molar-refractivity contribution in [2.75, 3.05) is 11.9 Å². The van der Waals surface area contributed by atoms with Crippen LogP contribution in [0.15, 0.2) is 36.4 Å². The zero-order chi connectivity index (χ0) is 20.0. The molecule has 1 amide bonds. The van der Waals surface area contributed by atoms with Crippen molar-refractivity contribution in [3.05, 3.63) is 59.4 Å².